The second kappa shape index (κ2) is 7.68. The maximum absolute atomic E-state index is 11.7. The van der Waals surface area contributed by atoms with Gasteiger partial charge in [-0.15, -0.1) is 0 Å². The summed E-state index contributed by atoms with van der Waals surface area (Å²) >= 11 is 0. The minimum atomic E-state index is -0.496. The van der Waals surface area contributed by atoms with Crippen molar-refractivity contribution in [1.29, 1.82) is 0 Å². The Bertz CT molecular complexity index is 519. The zero-order chi connectivity index (χ0) is 17.7. The van der Waals surface area contributed by atoms with Gasteiger partial charge in [0.05, 0.1) is 11.3 Å². The summed E-state index contributed by atoms with van der Waals surface area (Å²) in [5.41, 5.74) is 4.03. The zero-order valence-electron chi connectivity index (χ0n) is 15.3. The van der Waals surface area contributed by atoms with E-state index in [2.05, 4.69) is 24.6 Å². The third-order valence-corrected chi connectivity index (χ3v) is 3.59. The molecule has 0 aromatic heterocycles. The maximum Gasteiger partial charge on any atom is 0.407 e. The summed E-state index contributed by atoms with van der Waals surface area (Å²) < 4.78 is 5.22. The Balaban J connectivity index is 2.55. The molecule has 1 aromatic carbocycles. The van der Waals surface area contributed by atoms with Crippen LogP contribution >= 0.6 is 0 Å². The molecule has 2 N–H and O–H groups in total. The predicted molar refractivity (Wildman–Crippen MR) is 93.1 cm³/mol. The first kappa shape index (κ1) is 19.3. The maximum atomic E-state index is 11.7. The minimum absolute atomic E-state index is 0.273. The van der Waals surface area contributed by atoms with Crippen LogP contribution in [0.4, 0.5) is 10.5 Å². The molecule has 0 spiro atoms. The lowest BCUT2D eigenvalue weighted by Crippen LogP contribution is -2.33. The van der Waals surface area contributed by atoms with Crippen molar-refractivity contribution in [2.24, 2.45) is 5.92 Å². The van der Waals surface area contributed by atoms with E-state index in [0.717, 1.165) is 11.3 Å². The number of rotatable bonds is 6. The Hall–Kier alpha value is -1.75. The average molecular weight is 322 g/mol. The monoisotopic (exact) mass is 322 g/mol. The molecule has 0 heterocycles. The van der Waals surface area contributed by atoms with Gasteiger partial charge in [-0.05, 0) is 58.2 Å². The molecular formula is C18H30N2O3. The van der Waals surface area contributed by atoms with Crippen molar-refractivity contribution >= 4 is 11.8 Å². The Morgan fingerprint density at radius 2 is 1.83 bits per heavy atom. The van der Waals surface area contributed by atoms with Crippen LogP contribution in [0, 0.1) is 5.92 Å². The molecule has 0 radical (unpaired) electrons. The zero-order valence-corrected chi connectivity index (χ0v) is 15.3. The van der Waals surface area contributed by atoms with Gasteiger partial charge in [0.25, 0.3) is 0 Å². The molecule has 23 heavy (non-hydrogen) atoms. The number of amides is 1. The van der Waals surface area contributed by atoms with E-state index in [4.69, 9.17) is 9.57 Å². The van der Waals surface area contributed by atoms with Crippen molar-refractivity contribution < 1.29 is 14.4 Å². The van der Waals surface area contributed by atoms with Gasteiger partial charge in [0.2, 0.25) is 0 Å². The molecular weight excluding hydrogens is 292 g/mol. The van der Waals surface area contributed by atoms with Crippen LogP contribution < -0.4 is 10.8 Å². The summed E-state index contributed by atoms with van der Waals surface area (Å²) in [6, 6.07) is 7.72. The molecule has 0 saturated heterocycles. The molecule has 0 unspecified atom stereocenters. The molecule has 1 rings (SSSR count). The number of benzene rings is 1. The summed E-state index contributed by atoms with van der Waals surface area (Å²) in [4.78, 5) is 17.4. The molecule has 0 fully saturated rings. The molecule has 1 aromatic rings. The van der Waals surface area contributed by atoms with Crippen LogP contribution in [0.1, 0.15) is 54.0 Å². The van der Waals surface area contributed by atoms with Crippen molar-refractivity contribution in [2.45, 2.75) is 66.2 Å². The van der Waals surface area contributed by atoms with E-state index in [0.29, 0.717) is 12.5 Å². The summed E-state index contributed by atoms with van der Waals surface area (Å²) in [5, 5.41) is 2.74. The second-order valence-corrected chi connectivity index (χ2v) is 7.52. The number of hydrogen-bond acceptors (Lipinski definition) is 4. The first-order valence-corrected chi connectivity index (χ1v) is 7.99. The third kappa shape index (κ3) is 7.37. The Labute approximate surface area is 139 Å². The molecule has 0 saturated carbocycles. The highest BCUT2D eigenvalue weighted by Gasteiger charge is 2.23. The molecule has 0 aliphatic heterocycles. The topological polar surface area (TPSA) is 59.6 Å². The lowest BCUT2D eigenvalue weighted by atomic mass is 9.95. The van der Waals surface area contributed by atoms with E-state index < -0.39 is 11.7 Å². The SMILES string of the molecule is CC(C)C(C)(C)ONc1cccc(CNC(=O)OC(C)(C)C)c1. The van der Waals surface area contributed by atoms with Crippen LogP contribution in [0.15, 0.2) is 24.3 Å². The van der Waals surface area contributed by atoms with Crippen LogP contribution in [0.2, 0.25) is 0 Å². The number of carbonyl (C=O) groups is 1. The number of nitrogens with one attached hydrogen (secondary N) is 2. The van der Waals surface area contributed by atoms with Crippen molar-refractivity contribution in [2.75, 3.05) is 5.48 Å². The fraction of sp³-hybridized carbons (Fsp3) is 0.611. The third-order valence-electron chi connectivity index (χ3n) is 3.59. The Kier molecular flexibility index (Phi) is 6.45. The number of ether oxygens (including phenoxy) is 1. The van der Waals surface area contributed by atoms with Gasteiger partial charge >= 0.3 is 6.09 Å². The predicted octanol–water partition coefficient (Wildman–Crippen LogP) is 4.49. The van der Waals surface area contributed by atoms with Crippen LogP contribution in [0.25, 0.3) is 0 Å². The lowest BCUT2D eigenvalue weighted by molar-refractivity contribution is -0.0172. The van der Waals surface area contributed by atoms with Gasteiger partial charge < -0.3 is 10.1 Å². The summed E-state index contributed by atoms with van der Waals surface area (Å²) in [6.45, 7) is 14.2. The molecule has 0 bridgehead atoms. The lowest BCUT2D eigenvalue weighted by Gasteiger charge is -2.29. The van der Waals surface area contributed by atoms with Crippen molar-refractivity contribution in [3.8, 4) is 0 Å². The fourth-order valence-corrected chi connectivity index (χ4v) is 1.54. The number of hydrogen-bond donors (Lipinski definition) is 2. The highest BCUT2D eigenvalue weighted by atomic mass is 16.7. The van der Waals surface area contributed by atoms with Gasteiger partial charge in [-0.25, -0.2) is 4.79 Å². The van der Waals surface area contributed by atoms with E-state index in [1.807, 2.05) is 58.9 Å². The highest BCUT2D eigenvalue weighted by molar-refractivity contribution is 5.67. The first-order chi connectivity index (χ1) is 10.5. The molecule has 0 aliphatic rings. The van der Waals surface area contributed by atoms with E-state index in [1.54, 1.807) is 0 Å². The first-order valence-electron chi connectivity index (χ1n) is 7.99. The Morgan fingerprint density at radius 1 is 1.17 bits per heavy atom. The highest BCUT2D eigenvalue weighted by Crippen LogP contribution is 2.21. The standard InChI is InChI=1S/C18H30N2O3/c1-13(2)18(6,7)23-20-15-10-8-9-14(11-15)12-19-16(21)22-17(3,4)5/h8-11,13,20H,12H2,1-7H3,(H,19,21). The number of anilines is 1. The van der Waals surface area contributed by atoms with Crippen LogP contribution in [-0.4, -0.2) is 17.3 Å². The smallest absolute Gasteiger partial charge is 0.407 e. The second-order valence-electron chi connectivity index (χ2n) is 7.52. The molecule has 1 amide bonds. The number of carbonyl (C=O) groups excluding carboxylic acids is 1. The molecule has 5 heteroatoms. The summed E-state index contributed by atoms with van der Waals surface area (Å²) in [7, 11) is 0. The van der Waals surface area contributed by atoms with E-state index in [1.165, 1.54) is 0 Å². The summed E-state index contributed by atoms with van der Waals surface area (Å²) in [5.74, 6) is 0.381. The molecule has 0 aliphatic carbocycles. The van der Waals surface area contributed by atoms with Gasteiger partial charge in [0, 0.05) is 6.54 Å². The van der Waals surface area contributed by atoms with Crippen molar-refractivity contribution in [1.82, 2.24) is 5.32 Å². The van der Waals surface area contributed by atoms with Crippen LogP contribution in [0.3, 0.4) is 0 Å². The average Bonchev–Trinajstić information content (AvgIpc) is 2.41. The minimum Gasteiger partial charge on any atom is -0.444 e. The van der Waals surface area contributed by atoms with Crippen molar-refractivity contribution in [3.63, 3.8) is 0 Å². The van der Waals surface area contributed by atoms with Crippen LogP contribution in [-0.2, 0) is 16.1 Å². The van der Waals surface area contributed by atoms with E-state index in [-0.39, 0.29) is 5.60 Å². The molecule has 0 atom stereocenters. The normalized spacial score (nSPS) is 12.2. The van der Waals surface area contributed by atoms with Gasteiger partial charge in [-0.1, -0.05) is 26.0 Å². The Morgan fingerprint density at radius 3 is 2.39 bits per heavy atom. The van der Waals surface area contributed by atoms with E-state index >= 15 is 0 Å². The van der Waals surface area contributed by atoms with Gasteiger partial charge in [0.15, 0.2) is 0 Å². The van der Waals surface area contributed by atoms with Gasteiger partial charge in [0.1, 0.15) is 5.60 Å². The van der Waals surface area contributed by atoms with Crippen molar-refractivity contribution in [3.05, 3.63) is 29.8 Å². The fourth-order valence-electron chi connectivity index (χ4n) is 1.54. The van der Waals surface area contributed by atoms with E-state index in [9.17, 15) is 4.79 Å². The number of alkyl carbamates (subject to hydrolysis) is 1. The quantitative estimate of drug-likeness (QED) is 0.758. The molecule has 130 valence electrons. The summed E-state index contributed by atoms with van der Waals surface area (Å²) in [6.07, 6.45) is -0.423. The molecule has 5 nitrogen and oxygen atoms in total. The van der Waals surface area contributed by atoms with Gasteiger partial charge in [-0.2, -0.15) is 0 Å². The van der Waals surface area contributed by atoms with Gasteiger partial charge in [-0.3, -0.25) is 10.3 Å². The van der Waals surface area contributed by atoms with Crippen LogP contribution in [0.5, 0.6) is 0 Å². The largest absolute Gasteiger partial charge is 0.444 e.